The van der Waals surface area contributed by atoms with E-state index in [1.165, 1.54) is 5.56 Å². The van der Waals surface area contributed by atoms with Gasteiger partial charge in [-0.1, -0.05) is 42.0 Å². The van der Waals surface area contributed by atoms with E-state index in [9.17, 15) is 4.79 Å². The van der Waals surface area contributed by atoms with Crippen LogP contribution in [0.4, 0.5) is 0 Å². The predicted molar refractivity (Wildman–Crippen MR) is 99.4 cm³/mol. The van der Waals surface area contributed by atoms with Gasteiger partial charge in [-0.3, -0.25) is 9.20 Å². The first-order valence-electron chi connectivity index (χ1n) is 8.36. The van der Waals surface area contributed by atoms with Crippen molar-refractivity contribution in [3.8, 4) is 11.3 Å². The highest BCUT2D eigenvalue weighted by molar-refractivity contribution is 5.83. The summed E-state index contributed by atoms with van der Waals surface area (Å²) in [5.41, 5.74) is 11.8. The molecule has 5 heteroatoms. The molecule has 0 aliphatic rings. The van der Waals surface area contributed by atoms with Crippen LogP contribution in [-0.4, -0.2) is 19.9 Å². The molecule has 4 rings (SSSR count). The topological polar surface area (TPSA) is 65.3 Å². The Morgan fingerprint density at radius 2 is 1.76 bits per heavy atom. The summed E-state index contributed by atoms with van der Waals surface area (Å²) >= 11 is 0. The number of fused-ring (bicyclic) bond motifs is 3. The van der Waals surface area contributed by atoms with Gasteiger partial charge < -0.3 is 10.3 Å². The van der Waals surface area contributed by atoms with Gasteiger partial charge in [0, 0.05) is 19.0 Å². The number of hydrogen-bond acceptors (Lipinski definition) is 2. The maximum atomic E-state index is 11.4. The number of primary amides is 1. The molecule has 1 amide bonds. The molecule has 0 radical (unpaired) electrons. The van der Waals surface area contributed by atoms with E-state index in [2.05, 4.69) is 52.3 Å². The highest BCUT2D eigenvalue weighted by atomic mass is 16.1. The molecule has 126 valence electrons. The number of benzene rings is 2. The molecule has 2 aromatic carbocycles. The smallest absolute Gasteiger partial charge is 0.217 e. The summed E-state index contributed by atoms with van der Waals surface area (Å²) in [5, 5.41) is 0. The zero-order chi connectivity index (χ0) is 17.6. The molecular weight excluding hydrogens is 312 g/mol. The van der Waals surface area contributed by atoms with Crippen LogP contribution < -0.4 is 5.73 Å². The normalized spacial score (nSPS) is 11.4. The Morgan fingerprint density at radius 3 is 2.44 bits per heavy atom. The Labute approximate surface area is 145 Å². The van der Waals surface area contributed by atoms with Crippen LogP contribution in [0.15, 0.2) is 48.5 Å². The summed E-state index contributed by atoms with van der Waals surface area (Å²) < 4.78 is 4.23. The van der Waals surface area contributed by atoms with E-state index in [0.717, 1.165) is 33.8 Å². The molecule has 0 saturated heterocycles. The van der Waals surface area contributed by atoms with Crippen molar-refractivity contribution in [2.45, 2.75) is 19.8 Å². The van der Waals surface area contributed by atoms with Gasteiger partial charge in [0.2, 0.25) is 11.7 Å². The summed E-state index contributed by atoms with van der Waals surface area (Å²) in [5.74, 6) is 0.571. The molecule has 4 aromatic rings. The van der Waals surface area contributed by atoms with Gasteiger partial charge in [-0.2, -0.15) is 0 Å². The zero-order valence-corrected chi connectivity index (χ0v) is 14.4. The fraction of sp³-hybridized carbons (Fsp3) is 0.200. The Bertz CT molecular complexity index is 1090. The standard InChI is InChI=1S/C20H20N4O/c1-13-7-9-14(10-8-13)19-17(11-12-18(21)25)24-16-6-4-3-5-15(16)23(2)20(24)22-19/h3-10H,11-12H2,1-2H3,(H2,21,25). The lowest BCUT2D eigenvalue weighted by atomic mass is 10.1. The monoisotopic (exact) mass is 332 g/mol. The molecule has 2 heterocycles. The summed E-state index contributed by atoms with van der Waals surface area (Å²) in [6.07, 6.45) is 0.865. The first-order valence-corrected chi connectivity index (χ1v) is 8.36. The number of para-hydroxylation sites is 2. The average molecular weight is 332 g/mol. The van der Waals surface area contributed by atoms with Crippen molar-refractivity contribution >= 4 is 22.7 Å². The number of carbonyl (C=O) groups is 1. The van der Waals surface area contributed by atoms with Gasteiger partial charge in [-0.05, 0) is 25.5 Å². The maximum Gasteiger partial charge on any atom is 0.217 e. The van der Waals surface area contributed by atoms with Gasteiger partial charge >= 0.3 is 0 Å². The van der Waals surface area contributed by atoms with Crippen LogP contribution in [0.2, 0.25) is 0 Å². The van der Waals surface area contributed by atoms with E-state index in [-0.39, 0.29) is 5.91 Å². The van der Waals surface area contributed by atoms with Gasteiger partial charge in [0.05, 0.1) is 22.4 Å². The molecule has 0 saturated carbocycles. The molecule has 25 heavy (non-hydrogen) atoms. The van der Waals surface area contributed by atoms with Crippen molar-refractivity contribution in [1.29, 1.82) is 0 Å². The second-order valence-corrected chi connectivity index (χ2v) is 6.42. The molecule has 0 fully saturated rings. The maximum absolute atomic E-state index is 11.4. The third-order valence-corrected chi connectivity index (χ3v) is 4.67. The number of amides is 1. The van der Waals surface area contributed by atoms with Crippen molar-refractivity contribution in [3.63, 3.8) is 0 Å². The number of aromatic nitrogens is 3. The van der Waals surface area contributed by atoms with Crippen LogP contribution in [0.5, 0.6) is 0 Å². The highest BCUT2D eigenvalue weighted by Gasteiger charge is 2.19. The minimum atomic E-state index is -0.301. The van der Waals surface area contributed by atoms with E-state index < -0.39 is 0 Å². The van der Waals surface area contributed by atoms with Crippen LogP contribution in [0.25, 0.3) is 28.1 Å². The third kappa shape index (κ3) is 2.48. The lowest BCUT2D eigenvalue weighted by molar-refractivity contribution is -0.118. The molecule has 0 atom stereocenters. The fourth-order valence-corrected chi connectivity index (χ4v) is 3.38. The Balaban J connectivity index is 2.01. The number of carbonyl (C=O) groups excluding carboxylic acids is 1. The van der Waals surface area contributed by atoms with Crippen LogP contribution in [0.3, 0.4) is 0 Å². The third-order valence-electron chi connectivity index (χ3n) is 4.67. The van der Waals surface area contributed by atoms with E-state index >= 15 is 0 Å². The second kappa shape index (κ2) is 5.77. The average Bonchev–Trinajstić information content (AvgIpc) is 3.11. The Kier molecular flexibility index (Phi) is 3.57. The summed E-state index contributed by atoms with van der Waals surface area (Å²) in [6, 6.07) is 16.5. The molecule has 0 aliphatic carbocycles. The molecule has 0 bridgehead atoms. The number of rotatable bonds is 4. The van der Waals surface area contributed by atoms with Gasteiger partial charge in [0.25, 0.3) is 0 Å². The molecule has 0 spiro atoms. The second-order valence-electron chi connectivity index (χ2n) is 6.42. The molecule has 5 nitrogen and oxygen atoms in total. The van der Waals surface area contributed by atoms with Crippen LogP contribution in [0, 0.1) is 6.92 Å². The SMILES string of the molecule is Cc1ccc(-c2nc3n(C)c4ccccc4n3c2CCC(N)=O)cc1. The van der Waals surface area contributed by atoms with Crippen molar-refractivity contribution in [2.75, 3.05) is 0 Å². The molecular formula is C20H20N4O. The predicted octanol–water partition coefficient (Wildman–Crippen LogP) is 3.22. The number of aryl methyl sites for hydroxylation is 3. The van der Waals surface area contributed by atoms with Crippen LogP contribution >= 0.6 is 0 Å². The molecule has 2 aromatic heterocycles. The lowest BCUT2D eigenvalue weighted by Crippen LogP contribution is -2.12. The van der Waals surface area contributed by atoms with Crippen molar-refractivity contribution < 1.29 is 4.79 Å². The number of nitrogens with two attached hydrogens (primary N) is 1. The van der Waals surface area contributed by atoms with E-state index in [1.54, 1.807) is 0 Å². The van der Waals surface area contributed by atoms with Gasteiger partial charge in [-0.15, -0.1) is 0 Å². The van der Waals surface area contributed by atoms with Crippen molar-refractivity contribution in [2.24, 2.45) is 12.8 Å². The fourth-order valence-electron chi connectivity index (χ4n) is 3.38. The molecule has 2 N–H and O–H groups in total. The van der Waals surface area contributed by atoms with Crippen molar-refractivity contribution in [1.82, 2.24) is 14.0 Å². The van der Waals surface area contributed by atoms with Gasteiger partial charge in [0.1, 0.15) is 0 Å². The van der Waals surface area contributed by atoms with Crippen LogP contribution in [0.1, 0.15) is 17.7 Å². The first kappa shape index (κ1) is 15.4. The van der Waals surface area contributed by atoms with Gasteiger partial charge in [-0.25, -0.2) is 4.98 Å². The van der Waals surface area contributed by atoms with E-state index in [4.69, 9.17) is 10.7 Å². The minimum Gasteiger partial charge on any atom is -0.370 e. The Hall–Kier alpha value is -3.08. The quantitative estimate of drug-likeness (QED) is 0.623. The highest BCUT2D eigenvalue weighted by Crippen LogP contribution is 2.30. The van der Waals surface area contributed by atoms with Crippen molar-refractivity contribution in [3.05, 3.63) is 59.8 Å². The summed E-state index contributed by atoms with van der Waals surface area (Å²) in [6.45, 7) is 2.06. The van der Waals surface area contributed by atoms with E-state index in [0.29, 0.717) is 12.8 Å². The summed E-state index contributed by atoms with van der Waals surface area (Å²) in [7, 11) is 2.02. The minimum absolute atomic E-state index is 0.301. The molecule has 0 aliphatic heterocycles. The zero-order valence-electron chi connectivity index (χ0n) is 14.4. The van der Waals surface area contributed by atoms with Gasteiger partial charge in [0.15, 0.2) is 0 Å². The van der Waals surface area contributed by atoms with E-state index in [1.807, 2.05) is 19.2 Å². The first-order chi connectivity index (χ1) is 12.1. The lowest BCUT2D eigenvalue weighted by Gasteiger charge is -2.05. The number of hydrogen-bond donors (Lipinski definition) is 1. The largest absolute Gasteiger partial charge is 0.370 e. The number of nitrogens with zero attached hydrogens (tertiary/aromatic N) is 3. The number of imidazole rings is 2. The Morgan fingerprint density at radius 1 is 1.08 bits per heavy atom. The van der Waals surface area contributed by atoms with Crippen LogP contribution in [-0.2, 0) is 18.3 Å². The summed E-state index contributed by atoms with van der Waals surface area (Å²) in [4.78, 5) is 16.3. The molecule has 0 unspecified atom stereocenters.